The van der Waals surface area contributed by atoms with Gasteiger partial charge in [-0.3, -0.25) is 0 Å². The molecule has 0 radical (unpaired) electrons. The summed E-state index contributed by atoms with van der Waals surface area (Å²) in [6.45, 7) is 2.20. The predicted molar refractivity (Wildman–Crippen MR) is 60.1 cm³/mol. The normalized spacial score (nSPS) is 19.0. The van der Waals surface area contributed by atoms with E-state index >= 15 is 0 Å². The summed E-state index contributed by atoms with van der Waals surface area (Å²) in [6, 6.07) is 8.89. The summed E-state index contributed by atoms with van der Waals surface area (Å²) in [4.78, 5) is 0. The van der Waals surface area contributed by atoms with Crippen LogP contribution in [-0.4, -0.2) is 0 Å². The first-order chi connectivity index (χ1) is 6.83. The number of benzene rings is 1. The van der Waals surface area contributed by atoms with Crippen LogP contribution in [0, 0.1) is 5.92 Å². The molecule has 76 valence electrons. The van der Waals surface area contributed by atoms with Crippen LogP contribution in [0.25, 0.3) is 0 Å². The molecule has 1 unspecified atom stereocenters. The van der Waals surface area contributed by atoms with Crippen LogP contribution in [0.5, 0.6) is 0 Å². The Labute approximate surface area is 86.3 Å². The third-order valence-electron chi connectivity index (χ3n) is 3.45. The van der Waals surface area contributed by atoms with Crippen molar-refractivity contribution < 1.29 is 0 Å². The van der Waals surface area contributed by atoms with Gasteiger partial charge < -0.3 is 5.73 Å². The van der Waals surface area contributed by atoms with Gasteiger partial charge >= 0.3 is 0 Å². The van der Waals surface area contributed by atoms with E-state index in [2.05, 4.69) is 31.2 Å². The molecule has 2 N–H and O–H groups in total. The van der Waals surface area contributed by atoms with Crippen molar-refractivity contribution in [3.05, 3.63) is 35.4 Å². The van der Waals surface area contributed by atoms with Crippen molar-refractivity contribution in [1.29, 1.82) is 0 Å². The lowest BCUT2D eigenvalue weighted by Gasteiger charge is -2.32. The molecule has 1 fully saturated rings. The number of hydrogen-bond acceptors (Lipinski definition) is 1. The monoisotopic (exact) mass is 189 g/mol. The Morgan fingerprint density at radius 2 is 2.07 bits per heavy atom. The highest BCUT2D eigenvalue weighted by molar-refractivity contribution is 5.30. The molecule has 0 heterocycles. The van der Waals surface area contributed by atoms with Gasteiger partial charge in [0.25, 0.3) is 0 Å². The summed E-state index contributed by atoms with van der Waals surface area (Å²) in [5, 5.41) is 0. The van der Waals surface area contributed by atoms with Crippen molar-refractivity contribution >= 4 is 0 Å². The Kier molecular flexibility index (Phi) is 2.87. The van der Waals surface area contributed by atoms with Crippen molar-refractivity contribution in [2.24, 2.45) is 11.7 Å². The molecule has 0 spiro atoms. The molecule has 14 heavy (non-hydrogen) atoms. The number of aryl methyl sites for hydroxylation is 1. The van der Waals surface area contributed by atoms with E-state index in [0.717, 1.165) is 12.3 Å². The van der Waals surface area contributed by atoms with Crippen molar-refractivity contribution in [3.63, 3.8) is 0 Å². The maximum absolute atomic E-state index is 6.28. The molecule has 1 aromatic rings. The topological polar surface area (TPSA) is 26.0 Å². The maximum atomic E-state index is 6.28. The highest BCUT2D eigenvalue weighted by atomic mass is 14.7. The third-order valence-corrected chi connectivity index (χ3v) is 3.45. The molecule has 1 aliphatic rings. The van der Waals surface area contributed by atoms with E-state index in [1.165, 1.54) is 30.4 Å². The fraction of sp³-hybridized carbons (Fsp3) is 0.538. The Morgan fingerprint density at radius 3 is 2.64 bits per heavy atom. The lowest BCUT2D eigenvalue weighted by molar-refractivity contribution is 0.263. The van der Waals surface area contributed by atoms with Gasteiger partial charge in [0.1, 0.15) is 0 Å². The molecule has 0 saturated heterocycles. The lowest BCUT2D eigenvalue weighted by Crippen LogP contribution is -2.27. The summed E-state index contributed by atoms with van der Waals surface area (Å²) in [5.41, 5.74) is 9.07. The zero-order chi connectivity index (χ0) is 9.97. The first-order valence-corrected chi connectivity index (χ1v) is 5.66. The summed E-state index contributed by atoms with van der Waals surface area (Å²) in [5.74, 6) is 0.739. The second-order valence-corrected chi connectivity index (χ2v) is 4.27. The Bertz CT molecular complexity index is 302. The number of rotatable bonds is 3. The van der Waals surface area contributed by atoms with Gasteiger partial charge in [-0.05, 0) is 36.3 Å². The van der Waals surface area contributed by atoms with Gasteiger partial charge in [-0.25, -0.2) is 0 Å². The summed E-state index contributed by atoms with van der Waals surface area (Å²) < 4.78 is 0. The van der Waals surface area contributed by atoms with Crippen molar-refractivity contribution in [2.75, 3.05) is 0 Å². The van der Waals surface area contributed by atoms with E-state index in [4.69, 9.17) is 5.73 Å². The molecular weight excluding hydrogens is 170 g/mol. The summed E-state index contributed by atoms with van der Waals surface area (Å²) in [7, 11) is 0. The van der Waals surface area contributed by atoms with Gasteiger partial charge in [0.05, 0.1) is 0 Å². The van der Waals surface area contributed by atoms with Crippen LogP contribution in [0.1, 0.15) is 43.4 Å². The first kappa shape index (κ1) is 9.72. The SMILES string of the molecule is CCc1ccccc1C(N)C1CCC1. The van der Waals surface area contributed by atoms with Crippen molar-refractivity contribution in [2.45, 2.75) is 38.6 Å². The van der Waals surface area contributed by atoms with Gasteiger partial charge in [0.15, 0.2) is 0 Å². The molecule has 0 bridgehead atoms. The fourth-order valence-corrected chi connectivity index (χ4v) is 2.23. The summed E-state index contributed by atoms with van der Waals surface area (Å²) in [6.07, 6.45) is 5.10. The minimum atomic E-state index is 0.278. The van der Waals surface area contributed by atoms with Gasteiger partial charge in [0, 0.05) is 6.04 Å². The van der Waals surface area contributed by atoms with Crippen molar-refractivity contribution in [1.82, 2.24) is 0 Å². The largest absolute Gasteiger partial charge is 0.324 e. The molecule has 1 nitrogen and oxygen atoms in total. The predicted octanol–water partition coefficient (Wildman–Crippen LogP) is 3.05. The maximum Gasteiger partial charge on any atom is 0.0326 e. The fourth-order valence-electron chi connectivity index (χ4n) is 2.23. The first-order valence-electron chi connectivity index (χ1n) is 5.66. The average molecular weight is 189 g/mol. The van der Waals surface area contributed by atoms with Crippen LogP contribution in [0.3, 0.4) is 0 Å². The Hall–Kier alpha value is -0.820. The molecule has 2 rings (SSSR count). The minimum absolute atomic E-state index is 0.278. The van der Waals surface area contributed by atoms with Crippen LogP contribution in [-0.2, 0) is 6.42 Å². The summed E-state index contributed by atoms with van der Waals surface area (Å²) >= 11 is 0. The van der Waals surface area contributed by atoms with E-state index in [9.17, 15) is 0 Å². The van der Waals surface area contributed by atoms with Crippen LogP contribution in [0.2, 0.25) is 0 Å². The van der Waals surface area contributed by atoms with Gasteiger partial charge in [-0.15, -0.1) is 0 Å². The van der Waals surface area contributed by atoms with Crippen LogP contribution >= 0.6 is 0 Å². The Morgan fingerprint density at radius 1 is 1.36 bits per heavy atom. The molecule has 1 aromatic carbocycles. The second-order valence-electron chi connectivity index (χ2n) is 4.27. The quantitative estimate of drug-likeness (QED) is 0.777. The average Bonchev–Trinajstić information content (AvgIpc) is 2.15. The highest BCUT2D eigenvalue weighted by Crippen LogP contribution is 2.37. The smallest absolute Gasteiger partial charge is 0.0326 e. The zero-order valence-corrected chi connectivity index (χ0v) is 8.87. The van der Waals surface area contributed by atoms with Gasteiger partial charge in [-0.2, -0.15) is 0 Å². The molecule has 0 aromatic heterocycles. The van der Waals surface area contributed by atoms with Crippen LogP contribution in [0.4, 0.5) is 0 Å². The lowest BCUT2D eigenvalue weighted by atomic mass is 9.76. The van der Waals surface area contributed by atoms with E-state index < -0.39 is 0 Å². The van der Waals surface area contributed by atoms with E-state index in [0.29, 0.717) is 0 Å². The molecule has 1 saturated carbocycles. The molecular formula is C13H19N. The molecule has 1 heteroatoms. The third kappa shape index (κ3) is 1.69. The van der Waals surface area contributed by atoms with Crippen LogP contribution in [0.15, 0.2) is 24.3 Å². The van der Waals surface area contributed by atoms with E-state index in [1.807, 2.05) is 0 Å². The highest BCUT2D eigenvalue weighted by Gasteiger charge is 2.26. The van der Waals surface area contributed by atoms with Crippen molar-refractivity contribution in [3.8, 4) is 0 Å². The molecule has 0 amide bonds. The molecule has 0 aliphatic heterocycles. The Balaban J connectivity index is 2.20. The van der Waals surface area contributed by atoms with Gasteiger partial charge in [-0.1, -0.05) is 37.6 Å². The van der Waals surface area contributed by atoms with Crippen LogP contribution < -0.4 is 5.73 Å². The molecule has 1 atom stereocenters. The minimum Gasteiger partial charge on any atom is -0.324 e. The van der Waals surface area contributed by atoms with E-state index in [1.54, 1.807) is 0 Å². The van der Waals surface area contributed by atoms with Gasteiger partial charge in [0.2, 0.25) is 0 Å². The second kappa shape index (κ2) is 4.14. The zero-order valence-electron chi connectivity index (χ0n) is 8.87. The number of hydrogen-bond donors (Lipinski definition) is 1. The molecule has 1 aliphatic carbocycles. The van der Waals surface area contributed by atoms with E-state index in [-0.39, 0.29) is 6.04 Å². The number of nitrogens with two attached hydrogens (primary N) is 1. The standard InChI is InChI=1S/C13H19N/c1-2-10-6-3-4-9-12(10)13(14)11-7-5-8-11/h3-4,6,9,11,13H,2,5,7-8,14H2,1H3.